The smallest absolute Gasteiger partial charge is 0.167 e. The number of ether oxygens (including phenoxy) is 1. The maximum absolute atomic E-state index is 12.4. The van der Waals surface area contributed by atoms with Crippen LogP contribution < -0.4 is 0 Å². The molecule has 1 heterocycles. The minimum absolute atomic E-state index is 0.274. The van der Waals surface area contributed by atoms with Crippen molar-refractivity contribution in [3.63, 3.8) is 0 Å². The summed E-state index contributed by atoms with van der Waals surface area (Å²) in [6, 6.07) is 7.70. The third-order valence-electron chi connectivity index (χ3n) is 3.41. The van der Waals surface area contributed by atoms with Crippen molar-refractivity contribution >= 4 is 9.84 Å². The van der Waals surface area contributed by atoms with E-state index in [4.69, 9.17) is 4.74 Å². The van der Waals surface area contributed by atoms with Gasteiger partial charge in [-0.2, -0.15) is 0 Å². The molecule has 1 aliphatic heterocycles. The molecule has 1 fully saturated rings. The molecule has 0 bridgehead atoms. The Morgan fingerprint density at radius 1 is 1.18 bits per heavy atom. The van der Waals surface area contributed by atoms with Gasteiger partial charge in [0.05, 0.1) is 18.5 Å². The Morgan fingerprint density at radius 3 is 2.06 bits per heavy atom. The number of rotatable bonds is 3. The van der Waals surface area contributed by atoms with E-state index >= 15 is 0 Å². The van der Waals surface area contributed by atoms with Crippen molar-refractivity contribution in [2.24, 2.45) is 0 Å². The summed E-state index contributed by atoms with van der Waals surface area (Å²) in [6.45, 7) is 5.99. The third-order valence-corrected chi connectivity index (χ3v) is 6.22. The van der Waals surface area contributed by atoms with Crippen molar-refractivity contribution in [3.05, 3.63) is 35.4 Å². The highest BCUT2D eigenvalue weighted by atomic mass is 32.2. The van der Waals surface area contributed by atoms with Crippen LogP contribution in [0.2, 0.25) is 0 Å². The topological polar surface area (TPSA) is 43.4 Å². The first-order valence-corrected chi connectivity index (χ1v) is 7.33. The Bertz CT molecular complexity index is 496. The van der Waals surface area contributed by atoms with Crippen LogP contribution in [-0.2, 0) is 19.3 Å². The summed E-state index contributed by atoms with van der Waals surface area (Å²) in [5.41, 5.74) is 1.98. The maximum Gasteiger partial charge on any atom is 0.167 e. The van der Waals surface area contributed by atoms with Crippen LogP contribution >= 0.6 is 0 Å². The molecule has 17 heavy (non-hydrogen) atoms. The van der Waals surface area contributed by atoms with Gasteiger partial charge in [-0.05, 0) is 26.3 Å². The number of benzene rings is 1. The first kappa shape index (κ1) is 12.6. The lowest BCUT2D eigenvalue weighted by Gasteiger charge is -2.42. The normalized spacial score (nSPS) is 19.1. The summed E-state index contributed by atoms with van der Waals surface area (Å²) in [4.78, 5) is 0. The van der Waals surface area contributed by atoms with E-state index in [9.17, 15) is 8.42 Å². The van der Waals surface area contributed by atoms with Crippen LogP contribution in [0.25, 0.3) is 0 Å². The number of sulfone groups is 1. The molecule has 1 saturated heterocycles. The molecule has 0 amide bonds. The van der Waals surface area contributed by atoms with Crippen molar-refractivity contribution in [1.82, 2.24) is 0 Å². The van der Waals surface area contributed by atoms with Gasteiger partial charge in [-0.1, -0.05) is 29.8 Å². The Kier molecular flexibility index (Phi) is 3.04. The maximum atomic E-state index is 12.4. The van der Waals surface area contributed by atoms with E-state index in [0.717, 1.165) is 11.1 Å². The zero-order valence-electron chi connectivity index (χ0n) is 10.4. The molecule has 1 aromatic rings. The van der Waals surface area contributed by atoms with E-state index in [0.29, 0.717) is 0 Å². The van der Waals surface area contributed by atoms with E-state index < -0.39 is 14.6 Å². The zero-order valence-corrected chi connectivity index (χ0v) is 11.3. The molecule has 0 spiro atoms. The van der Waals surface area contributed by atoms with Gasteiger partial charge in [-0.3, -0.25) is 0 Å². The third kappa shape index (κ3) is 1.79. The predicted molar refractivity (Wildman–Crippen MR) is 67.7 cm³/mol. The minimum Gasteiger partial charge on any atom is -0.377 e. The van der Waals surface area contributed by atoms with Gasteiger partial charge in [0, 0.05) is 0 Å². The summed E-state index contributed by atoms with van der Waals surface area (Å²) >= 11 is 0. The lowest BCUT2D eigenvalue weighted by atomic mass is 9.95. The Balaban J connectivity index is 2.49. The highest BCUT2D eigenvalue weighted by molar-refractivity contribution is 7.93. The summed E-state index contributed by atoms with van der Waals surface area (Å²) in [7, 11) is -3.19. The highest BCUT2D eigenvalue weighted by Gasteiger charge is 2.52. The van der Waals surface area contributed by atoms with Crippen LogP contribution in [0.15, 0.2) is 24.3 Å². The number of hydrogen-bond donors (Lipinski definition) is 0. The molecule has 0 unspecified atom stereocenters. The molecule has 0 N–H and O–H groups in total. The standard InChI is InChI=1S/C13H18O3S/c1-10(2)17(14,15)13(8-16-9-13)12-6-4-11(3)5-7-12/h4-7,10H,8-9H2,1-3H3. The average molecular weight is 254 g/mol. The van der Waals surface area contributed by atoms with Crippen LogP contribution in [0, 0.1) is 6.92 Å². The Labute approximate surface area is 103 Å². The zero-order chi connectivity index (χ0) is 12.7. The average Bonchev–Trinajstić information content (AvgIpc) is 2.18. The largest absolute Gasteiger partial charge is 0.377 e. The molecular weight excluding hydrogens is 236 g/mol. The van der Waals surface area contributed by atoms with E-state index in [1.165, 1.54) is 0 Å². The van der Waals surface area contributed by atoms with Crippen LogP contribution in [0.5, 0.6) is 0 Å². The van der Waals surface area contributed by atoms with Crippen LogP contribution in [0.3, 0.4) is 0 Å². The molecule has 0 aromatic heterocycles. The molecule has 1 aromatic carbocycles. The van der Waals surface area contributed by atoms with Crippen molar-refractivity contribution < 1.29 is 13.2 Å². The quantitative estimate of drug-likeness (QED) is 0.829. The van der Waals surface area contributed by atoms with Gasteiger partial charge < -0.3 is 4.74 Å². The SMILES string of the molecule is Cc1ccc(C2(S(=O)(=O)C(C)C)COC2)cc1. The molecular formula is C13H18O3S. The van der Waals surface area contributed by atoms with Crippen LogP contribution in [0.4, 0.5) is 0 Å². The van der Waals surface area contributed by atoms with Gasteiger partial charge in [0.15, 0.2) is 9.84 Å². The first-order valence-electron chi connectivity index (χ1n) is 5.78. The van der Waals surface area contributed by atoms with E-state index in [1.54, 1.807) is 13.8 Å². The van der Waals surface area contributed by atoms with Gasteiger partial charge >= 0.3 is 0 Å². The second-order valence-electron chi connectivity index (χ2n) is 4.95. The van der Waals surface area contributed by atoms with Crippen LogP contribution in [-0.4, -0.2) is 26.9 Å². The lowest BCUT2D eigenvalue weighted by molar-refractivity contribution is -0.0162. The molecule has 2 rings (SSSR count). The van der Waals surface area contributed by atoms with Gasteiger partial charge in [-0.25, -0.2) is 8.42 Å². The Hall–Kier alpha value is -0.870. The second kappa shape index (κ2) is 4.10. The summed E-state index contributed by atoms with van der Waals surface area (Å²) in [6.07, 6.45) is 0. The fraction of sp³-hybridized carbons (Fsp3) is 0.538. The summed E-state index contributed by atoms with van der Waals surface area (Å²) in [5.74, 6) is 0. The monoisotopic (exact) mass is 254 g/mol. The van der Waals surface area contributed by atoms with Crippen LogP contribution in [0.1, 0.15) is 25.0 Å². The summed E-state index contributed by atoms with van der Waals surface area (Å²) in [5, 5.41) is -0.382. The summed E-state index contributed by atoms with van der Waals surface area (Å²) < 4.78 is 29.2. The Morgan fingerprint density at radius 2 is 1.71 bits per heavy atom. The molecule has 0 radical (unpaired) electrons. The van der Waals surface area contributed by atoms with Crippen molar-refractivity contribution in [1.29, 1.82) is 0 Å². The van der Waals surface area contributed by atoms with Crippen molar-refractivity contribution in [2.75, 3.05) is 13.2 Å². The fourth-order valence-electron chi connectivity index (χ4n) is 2.09. The molecule has 4 heteroatoms. The minimum atomic E-state index is -3.19. The van der Waals surface area contributed by atoms with E-state index in [1.807, 2.05) is 31.2 Å². The number of hydrogen-bond acceptors (Lipinski definition) is 3. The van der Waals surface area contributed by atoms with Gasteiger partial charge in [0.1, 0.15) is 4.75 Å². The molecule has 1 aliphatic rings. The van der Waals surface area contributed by atoms with Gasteiger partial charge in [-0.15, -0.1) is 0 Å². The molecule has 0 aliphatic carbocycles. The molecule has 3 nitrogen and oxygen atoms in total. The predicted octanol–water partition coefficient (Wildman–Crippen LogP) is 2.04. The van der Waals surface area contributed by atoms with Crippen molar-refractivity contribution in [3.8, 4) is 0 Å². The van der Waals surface area contributed by atoms with E-state index in [2.05, 4.69) is 0 Å². The highest BCUT2D eigenvalue weighted by Crippen LogP contribution is 2.40. The van der Waals surface area contributed by atoms with Gasteiger partial charge in [0.2, 0.25) is 0 Å². The second-order valence-corrected chi connectivity index (χ2v) is 7.76. The molecule has 0 saturated carbocycles. The van der Waals surface area contributed by atoms with Crippen molar-refractivity contribution in [2.45, 2.75) is 30.8 Å². The first-order chi connectivity index (χ1) is 7.90. The molecule has 0 atom stereocenters. The number of aryl methyl sites for hydroxylation is 1. The fourth-order valence-corrected chi connectivity index (χ4v) is 3.95. The van der Waals surface area contributed by atoms with Gasteiger partial charge in [0.25, 0.3) is 0 Å². The molecule has 94 valence electrons. The van der Waals surface area contributed by atoms with E-state index in [-0.39, 0.29) is 18.5 Å². The lowest BCUT2D eigenvalue weighted by Crippen LogP contribution is -2.55.